The first-order valence-electron chi connectivity index (χ1n) is 4.72. The molecule has 4 heteroatoms. The Morgan fingerprint density at radius 2 is 2.43 bits per heavy atom. The predicted octanol–water partition coefficient (Wildman–Crippen LogP) is 0.930. The molecule has 1 fully saturated rings. The second-order valence-corrected chi connectivity index (χ2v) is 4.48. The van der Waals surface area contributed by atoms with Gasteiger partial charge in [0, 0.05) is 6.04 Å². The summed E-state index contributed by atoms with van der Waals surface area (Å²) in [4.78, 5) is 11.4. The van der Waals surface area contributed by atoms with Gasteiger partial charge in [-0.2, -0.15) is 11.3 Å². The summed E-state index contributed by atoms with van der Waals surface area (Å²) in [5.74, 6) is 0.0558. The van der Waals surface area contributed by atoms with Crippen LogP contribution < -0.4 is 5.32 Å². The van der Waals surface area contributed by atoms with Gasteiger partial charge in [0.1, 0.15) is 0 Å². The Kier molecular flexibility index (Phi) is 2.84. The molecule has 1 saturated carbocycles. The Labute approximate surface area is 86.8 Å². The molecule has 2 N–H and O–H groups in total. The van der Waals surface area contributed by atoms with Crippen LogP contribution in [0.3, 0.4) is 0 Å². The average Bonchev–Trinajstić information content (AvgIpc) is 2.54. The third-order valence-electron chi connectivity index (χ3n) is 2.42. The predicted molar refractivity (Wildman–Crippen MR) is 55.2 cm³/mol. The van der Waals surface area contributed by atoms with Crippen LogP contribution in [0.4, 0.5) is 0 Å². The molecule has 0 radical (unpaired) electrons. The molecular formula is C10H13NO2S. The van der Waals surface area contributed by atoms with Crippen molar-refractivity contribution in [1.29, 1.82) is 0 Å². The molecular weight excluding hydrogens is 198 g/mol. The molecule has 0 saturated heterocycles. The van der Waals surface area contributed by atoms with E-state index in [9.17, 15) is 4.79 Å². The molecule has 1 heterocycles. The number of amides is 1. The molecule has 1 aromatic heterocycles. The van der Waals surface area contributed by atoms with Crippen LogP contribution in [0.25, 0.3) is 0 Å². The Hall–Kier alpha value is -0.870. The molecule has 0 aromatic carbocycles. The fraction of sp³-hybridized carbons (Fsp3) is 0.500. The first-order chi connectivity index (χ1) is 6.74. The van der Waals surface area contributed by atoms with Gasteiger partial charge in [-0.1, -0.05) is 0 Å². The number of nitrogens with one attached hydrogen (secondary N) is 1. The summed E-state index contributed by atoms with van der Waals surface area (Å²) < 4.78 is 0. The van der Waals surface area contributed by atoms with Gasteiger partial charge in [-0.15, -0.1) is 0 Å². The van der Waals surface area contributed by atoms with Crippen LogP contribution in [-0.4, -0.2) is 23.2 Å². The Balaban J connectivity index is 1.74. The molecule has 0 bridgehead atoms. The zero-order valence-corrected chi connectivity index (χ0v) is 8.59. The minimum atomic E-state index is -0.207. The monoisotopic (exact) mass is 211 g/mol. The lowest BCUT2D eigenvalue weighted by atomic mass is 9.89. The largest absolute Gasteiger partial charge is 0.393 e. The van der Waals surface area contributed by atoms with Crippen LogP contribution in [0.5, 0.6) is 0 Å². The summed E-state index contributed by atoms with van der Waals surface area (Å²) in [6.07, 6.45) is 1.65. The van der Waals surface area contributed by atoms with E-state index in [1.807, 2.05) is 16.8 Å². The van der Waals surface area contributed by atoms with Crippen molar-refractivity contribution in [1.82, 2.24) is 5.32 Å². The lowest BCUT2D eigenvalue weighted by Crippen LogP contribution is -2.47. The van der Waals surface area contributed by atoms with Gasteiger partial charge in [-0.25, -0.2) is 0 Å². The first-order valence-corrected chi connectivity index (χ1v) is 5.67. The molecule has 0 spiro atoms. The smallest absolute Gasteiger partial charge is 0.224 e. The van der Waals surface area contributed by atoms with Gasteiger partial charge in [0.05, 0.1) is 12.5 Å². The molecule has 3 nitrogen and oxygen atoms in total. The van der Waals surface area contributed by atoms with Crippen LogP contribution >= 0.6 is 11.3 Å². The third kappa shape index (κ3) is 2.33. The first kappa shape index (κ1) is 9.68. The minimum absolute atomic E-state index is 0.0558. The van der Waals surface area contributed by atoms with Crippen LogP contribution in [-0.2, 0) is 11.2 Å². The normalized spacial score (nSPS) is 25.5. The van der Waals surface area contributed by atoms with Gasteiger partial charge >= 0.3 is 0 Å². The molecule has 1 amide bonds. The highest BCUT2D eigenvalue weighted by Gasteiger charge is 2.28. The van der Waals surface area contributed by atoms with Gasteiger partial charge in [-0.05, 0) is 35.2 Å². The highest BCUT2D eigenvalue weighted by molar-refractivity contribution is 7.07. The Morgan fingerprint density at radius 1 is 1.64 bits per heavy atom. The van der Waals surface area contributed by atoms with E-state index in [-0.39, 0.29) is 18.1 Å². The fourth-order valence-electron chi connectivity index (χ4n) is 1.56. The fourth-order valence-corrected chi connectivity index (χ4v) is 2.23. The van der Waals surface area contributed by atoms with E-state index in [1.54, 1.807) is 11.3 Å². The van der Waals surface area contributed by atoms with Crippen LogP contribution in [0, 0.1) is 0 Å². The molecule has 0 atom stereocenters. The Morgan fingerprint density at radius 3 is 3.00 bits per heavy atom. The van der Waals surface area contributed by atoms with E-state index in [1.165, 1.54) is 0 Å². The maximum atomic E-state index is 11.4. The van der Waals surface area contributed by atoms with Gasteiger partial charge in [0.2, 0.25) is 5.91 Å². The lowest BCUT2D eigenvalue weighted by Gasteiger charge is -2.31. The summed E-state index contributed by atoms with van der Waals surface area (Å²) in [7, 11) is 0. The van der Waals surface area contributed by atoms with E-state index >= 15 is 0 Å². The highest BCUT2D eigenvalue weighted by atomic mass is 32.1. The number of hydrogen-bond donors (Lipinski definition) is 2. The number of rotatable bonds is 3. The molecule has 0 aliphatic heterocycles. The standard InChI is InChI=1S/C10H13NO2S/c12-9-4-8(5-9)11-10(13)3-7-1-2-14-6-7/h1-2,6,8-9,12H,3-5H2,(H,11,13). The lowest BCUT2D eigenvalue weighted by molar-refractivity contribution is -0.122. The highest BCUT2D eigenvalue weighted by Crippen LogP contribution is 2.19. The summed E-state index contributed by atoms with van der Waals surface area (Å²) >= 11 is 1.60. The molecule has 2 rings (SSSR count). The summed E-state index contributed by atoms with van der Waals surface area (Å²) in [5, 5.41) is 15.9. The molecule has 1 aromatic rings. The molecule has 1 aliphatic rings. The van der Waals surface area contributed by atoms with Gasteiger partial charge in [0.15, 0.2) is 0 Å². The number of carbonyl (C=O) groups is 1. The van der Waals surface area contributed by atoms with E-state index in [2.05, 4.69) is 5.32 Å². The minimum Gasteiger partial charge on any atom is -0.393 e. The number of aliphatic hydroxyl groups excluding tert-OH is 1. The van der Waals surface area contributed by atoms with Crippen molar-refractivity contribution in [2.75, 3.05) is 0 Å². The van der Waals surface area contributed by atoms with E-state index in [4.69, 9.17) is 5.11 Å². The third-order valence-corrected chi connectivity index (χ3v) is 3.16. The zero-order chi connectivity index (χ0) is 9.97. The van der Waals surface area contributed by atoms with E-state index < -0.39 is 0 Å². The summed E-state index contributed by atoms with van der Waals surface area (Å²) in [5.41, 5.74) is 1.06. The van der Waals surface area contributed by atoms with Gasteiger partial charge in [-0.3, -0.25) is 4.79 Å². The SMILES string of the molecule is O=C(Cc1ccsc1)NC1CC(O)C1. The molecule has 14 heavy (non-hydrogen) atoms. The van der Waals surface area contributed by atoms with Crippen molar-refractivity contribution in [2.45, 2.75) is 31.4 Å². The summed E-state index contributed by atoms with van der Waals surface area (Å²) in [6, 6.07) is 2.15. The van der Waals surface area contributed by atoms with E-state index in [0.29, 0.717) is 19.3 Å². The van der Waals surface area contributed by atoms with Crippen LogP contribution in [0.1, 0.15) is 18.4 Å². The number of carbonyl (C=O) groups excluding carboxylic acids is 1. The molecule has 76 valence electrons. The maximum Gasteiger partial charge on any atom is 0.224 e. The summed E-state index contributed by atoms with van der Waals surface area (Å²) in [6.45, 7) is 0. The van der Waals surface area contributed by atoms with Crippen molar-refractivity contribution in [3.8, 4) is 0 Å². The number of thiophene rings is 1. The van der Waals surface area contributed by atoms with Crippen molar-refractivity contribution in [3.63, 3.8) is 0 Å². The van der Waals surface area contributed by atoms with Gasteiger partial charge in [0.25, 0.3) is 0 Å². The van der Waals surface area contributed by atoms with Crippen molar-refractivity contribution >= 4 is 17.2 Å². The maximum absolute atomic E-state index is 11.4. The number of aliphatic hydroxyl groups is 1. The van der Waals surface area contributed by atoms with Crippen molar-refractivity contribution in [2.24, 2.45) is 0 Å². The Bertz CT molecular complexity index is 304. The van der Waals surface area contributed by atoms with Crippen LogP contribution in [0.15, 0.2) is 16.8 Å². The van der Waals surface area contributed by atoms with Gasteiger partial charge < -0.3 is 10.4 Å². The topological polar surface area (TPSA) is 49.3 Å². The quantitative estimate of drug-likeness (QED) is 0.781. The molecule has 1 aliphatic carbocycles. The number of hydrogen-bond acceptors (Lipinski definition) is 3. The molecule has 0 unspecified atom stereocenters. The average molecular weight is 211 g/mol. The zero-order valence-electron chi connectivity index (χ0n) is 7.77. The van der Waals surface area contributed by atoms with Crippen LogP contribution in [0.2, 0.25) is 0 Å². The second-order valence-electron chi connectivity index (χ2n) is 3.70. The van der Waals surface area contributed by atoms with Crippen molar-refractivity contribution < 1.29 is 9.90 Å². The van der Waals surface area contributed by atoms with Crippen molar-refractivity contribution in [3.05, 3.63) is 22.4 Å². The second kappa shape index (κ2) is 4.11. The van der Waals surface area contributed by atoms with E-state index in [0.717, 1.165) is 5.56 Å².